The van der Waals surface area contributed by atoms with Crippen LogP contribution in [0, 0.1) is 0 Å². The molecule has 0 nitrogen and oxygen atoms in total. The van der Waals surface area contributed by atoms with Gasteiger partial charge in [0.15, 0.2) is 0 Å². The average Bonchev–Trinajstić information content (AvgIpc) is 3.37. The van der Waals surface area contributed by atoms with E-state index < -0.39 is 8.07 Å². The van der Waals surface area contributed by atoms with Crippen LogP contribution in [-0.4, -0.2) is 8.07 Å². The van der Waals surface area contributed by atoms with Crippen molar-refractivity contribution in [2.75, 3.05) is 0 Å². The minimum atomic E-state index is -2.03. The Morgan fingerprint density at radius 3 is 1.18 bits per heavy atom. The Bertz CT molecular complexity index is 1210. The van der Waals surface area contributed by atoms with Crippen LogP contribution < -0.4 is 0 Å². The van der Waals surface area contributed by atoms with Crippen molar-refractivity contribution in [1.29, 1.82) is 0 Å². The Kier molecular flexibility index (Phi) is 6.25. The zero-order valence-corrected chi connectivity index (χ0v) is 23.6. The number of hydrogen-bond donors (Lipinski definition) is 0. The van der Waals surface area contributed by atoms with Gasteiger partial charge in [-0.25, -0.2) is 0 Å². The number of allylic oxidation sites excluding steroid dienone is 2. The molecule has 0 N–H and O–H groups in total. The maximum absolute atomic E-state index is 2.68. The molecule has 0 unspecified atom stereocenters. The molecule has 0 heterocycles. The van der Waals surface area contributed by atoms with E-state index in [1.165, 1.54) is 56.1 Å². The Hall–Kier alpha value is -2.28. The van der Waals surface area contributed by atoms with Gasteiger partial charge in [-0.15, -0.1) is 0 Å². The van der Waals surface area contributed by atoms with Gasteiger partial charge in [0.05, 0.1) is 8.07 Å². The van der Waals surface area contributed by atoms with Crippen LogP contribution in [0.5, 0.6) is 0 Å². The van der Waals surface area contributed by atoms with E-state index >= 15 is 0 Å². The van der Waals surface area contributed by atoms with Crippen LogP contribution in [-0.2, 0) is 26.2 Å². The Labute approximate surface area is 223 Å². The second-order valence-corrected chi connectivity index (χ2v) is 14.8. The van der Waals surface area contributed by atoms with Gasteiger partial charge in [0, 0.05) is 37.3 Å². The molecule has 0 amide bonds. The second-order valence-electron chi connectivity index (χ2n) is 10.2. The summed E-state index contributed by atoms with van der Waals surface area (Å²) in [6, 6.07) is 37.9. The molecule has 4 aromatic rings. The molecule has 6 rings (SSSR count). The van der Waals surface area contributed by atoms with Gasteiger partial charge < -0.3 is 0 Å². The van der Waals surface area contributed by atoms with Crippen molar-refractivity contribution >= 4 is 8.07 Å². The first-order valence-corrected chi connectivity index (χ1v) is 15.0. The summed E-state index contributed by atoms with van der Waals surface area (Å²) in [7, 11) is -2.03. The summed E-state index contributed by atoms with van der Waals surface area (Å²) in [4.78, 5) is 0. The number of fused-ring (bicyclic) bond motifs is 6. The van der Waals surface area contributed by atoms with Crippen LogP contribution in [0.15, 0.2) is 109 Å². The van der Waals surface area contributed by atoms with Crippen molar-refractivity contribution in [1.82, 2.24) is 0 Å². The summed E-state index contributed by atoms with van der Waals surface area (Å²) in [5, 5.41) is 0. The van der Waals surface area contributed by atoms with E-state index in [0.29, 0.717) is 11.1 Å². The Morgan fingerprint density at radius 2 is 0.882 bits per heavy atom. The molecule has 0 aromatic heterocycles. The van der Waals surface area contributed by atoms with Gasteiger partial charge in [0.2, 0.25) is 0 Å². The first kappa shape index (κ1) is 23.5. The predicted octanol–water partition coefficient (Wildman–Crippen LogP) is 8.73. The van der Waals surface area contributed by atoms with Crippen molar-refractivity contribution in [2.45, 2.75) is 37.5 Å². The van der Waals surface area contributed by atoms with E-state index in [1.54, 1.807) is 0 Å². The standard InChI is InChI=1S/C32H30Si.Zr/c1-22(2)20-21-33(3,31-27-16-8-4-12-23(27)24-13-5-9-17-28(24)31)32-29-18-10-6-14-25(29)26-15-7-11-19-30(26)32;/h4-20,31-32H,21H2,1-3H3;. The first-order valence-electron chi connectivity index (χ1n) is 12.1. The van der Waals surface area contributed by atoms with E-state index in [0.717, 1.165) is 0 Å². The van der Waals surface area contributed by atoms with Crippen LogP contribution in [0.4, 0.5) is 0 Å². The van der Waals surface area contributed by atoms with E-state index in [2.05, 4.69) is 124 Å². The monoisotopic (exact) mass is 532 g/mol. The molecular weight excluding hydrogens is 504 g/mol. The molecule has 34 heavy (non-hydrogen) atoms. The van der Waals surface area contributed by atoms with E-state index in [1.807, 2.05) is 0 Å². The van der Waals surface area contributed by atoms with Gasteiger partial charge in [0.1, 0.15) is 0 Å². The smallest absolute Gasteiger partial charge is 0.0797 e. The SMILES string of the molecule is CC(C)=CC[Si](C)(C1c2ccccc2-c2ccccc21)C1c2ccccc2-c2ccccc21.[Zr]. The van der Waals surface area contributed by atoms with Crippen molar-refractivity contribution in [3.63, 3.8) is 0 Å². The Morgan fingerprint density at radius 1 is 0.588 bits per heavy atom. The van der Waals surface area contributed by atoms with Crippen LogP contribution in [0.1, 0.15) is 47.2 Å². The fourth-order valence-corrected chi connectivity index (χ4v) is 12.1. The van der Waals surface area contributed by atoms with Gasteiger partial charge >= 0.3 is 0 Å². The zero-order valence-electron chi connectivity index (χ0n) is 20.2. The maximum atomic E-state index is 2.68. The molecule has 0 spiro atoms. The maximum Gasteiger partial charge on any atom is 0.0797 e. The largest absolute Gasteiger partial charge is 0.0885 e. The molecule has 2 aliphatic rings. The number of rotatable bonds is 4. The van der Waals surface area contributed by atoms with Crippen molar-refractivity contribution in [3.8, 4) is 22.3 Å². The summed E-state index contributed by atoms with van der Waals surface area (Å²) in [6.45, 7) is 7.18. The minimum Gasteiger partial charge on any atom is -0.0885 e. The summed E-state index contributed by atoms with van der Waals surface area (Å²) >= 11 is 0. The summed E-state index contributed by atoms with van der Waals surface area (Å²) in [5.41, 5.74) is 14.3. The zero-order chi connectivity index (χ0) is 22.6. The number of hydrogen-bond acceptors (Lipinski definition) is 0. The molecule has 0 aliphatic heterocycles. The van der Waals surface area contributed by atoms with Crippen molar-refractivity contribution < 1.29 is 26.2 Å². The molecule has 0 fully saturated rings. The molecule has 2 heteroatoms. The van der Waals surface area contributed by atoms with E-state index in [4.69, 9.17) is 0 Å². The Balaban J connectivity index is 0.00000241. The van der Waals surface area contributed by atoms with Crippen molar-refractivity contribution in [3.05, 3.63) is 131 Å². The third-order valence-corrected chi connectivity index (χ3v) is 12.9. The molecule has 0 bridgehead atoms. The average molecular weight is 534 g/mol. The topological polar surface area (TPSA) is 0 Å². The molecule has 2 aliphatic carbocycles. The normalized spacial score (nSPS) is 14.0. The third kappa shape index (κ3) is 3.50. The van der Waals surface area contributed by atoms with Gasteiger partial charge in [-0.05, 0) is 64.4 Å². The first-order chi connectivity index (χ1) is 16.1. The molecule has 0 radical (unpaired) electrons. The molecule has 0 saturated carbocycles. The molecule has 0 saturated heterocycles. The fourth-order valence-electron chi connectivity index (χ4n) is 6.56. The number of benzene rings is 4. The molecule has 166 valence electrons. The predicted molar refractivity (Wildman–Crippen MR) is 143 cm³/mol. The second kappa shape index (κ2) is 9.06. The quantitative estimate of drug-likeness (QED) is 0.182. The van der Waals surface area contributed by atoms with Gasteiger partial charge in [-0.3, -0.25) is 0 Å². The molecular formula is C32H30SiZr. The molecule has 4 aromatic carbocycles. The minimum absolute atomic E-state index is 0. The summed E-state index contributed by atoms with van der Waals surface area (Å²) in [5.74, 6) is 0. The summed E-state index contributed by atoms with van der Waals surface area (Å²) < 4.78 is 0. The van der Waals surface area contributed by atoms with E-state index in [9.17, 15) is 0 Å². The molecule has 0 atom stereocenters. The van der Waals surface area contributed by atoms with Gasteiger partial charge in [-0.1, -0.05) is 115 Å². The summed E-state index contributed by atoms with van der Waals surface area (Å²) in [6.07, 6.45) is 2.53. The van der Waals surface area contributed by atoms with Crippen molar-refractivity contribution in [2.24, 2.45) is 0 Å². The van der Waals surface area contributed by atoms with Crippen LogP contribution in [0.25, 0.3) is 22.3 Å². The van der Waals surface area contributed by atoms with E-state index in [-0.39, 0.29) is 26.2 Å². The van der Waals surface area contributed by atoms with Crippen LogP contribution >= 0.6 is 0 Å². The van der Waals surface area contributed by atoms with Gasteiger partial charge in [0.25, 0.3) is 0 Å². The fraction of sp³-hybridized carbons (Fsp3) is 0.188. The van der Waals surface area contributed by atoms with Crippen LogP contribution in [0.3, 0.4) is 0 Å². The van der Waals surface area contributed by atoms with Crippen LogP contribution in [0.2, 0.25) is 12.6 Å². The van der Waals surface area contributed by atoms with Gasteiger partial charge in [-0.2, -0.15) is 0 Å². The third-order valence-electron chi connectivity index (χ3n) is 7.94.